The molecule has 112 valence electrons. The lowest BCUT2D eigenvalue weighted by Crippen LogP contribution is -2.42. The molecule has 0 radical (unpaired) electrons. The van der Waals surface area contributed by atoms with Crippen molar-refractivity contribution in [3.8, 4) is 0 Å². The van der Waals surface area contributed by atoms with Crippen molar-refractivity contribution in [2.75, 3.05) is 0 Å². The van der Waals surface area contributed by atoms with Crippen LogP contribution in [0.4, 0.5) is 4.39 Å². The van der Waals surface area contributed by atoms with Gasteiger partial charge in [-0.1, -0.05) is 26.0 Å². The van der Waals surface area contributed by atoms with E-state index in [1.165, 1.54) is 19.1 Å². The van der Waals surface area contributed by atoms with Crippen molar-refractivity contribution in [2.45, 2.75) is 38.1 Å². The third kappa shape index (κ3) is 4.01. The molecule has 7 heteroatoms. The van der Waals surface area contributed by atoms with Crippen LogP contribution < -0.4 is 4.72 Å². The number of hydrogen-bond acceptors (Lipinski definition) is 3. The molecule has 1 rings (SSSR count). The van der Waals surface area contributed by atoms with Crippen molar-refractivity contribution in [1.29, 1.82) is 0 Å². The van der Waals surface area contributed by atoms with Crippen LogP contribution in [0.2, 0.25) is 0 Å². The lowest BCUT2D eigenvalue weighted by molar-refractivity contribution is -0.139. The van der Waals surface area contributed by atoms with Gasteiger partial charge in [-0.05, 0) is 30.9 Å². The van der Waals surface area contributed by atoms with E-state index in [9.17, 15) is 17.6 Å². The van der Waals surface area contributed by atoms with Gasteiger partial charge in [0.1, 0.15) is 16.8 Å². The lowest BCUT2D eigenvalue weighted by atomic mass is 10.1. The molecular formula is C13H18FNO4S. The van der Waals surface area contributed by atoms with E-state index in [0.717, 1.165) is 6.07 Å². The van der Waals surface area contributed by atoms with Gasteiger partial charge in [0, 0.05) is 0 Å². The quantitative estimate of drug-likeness (QED) is 0.841. The Morgan fingerprint density at radius 1 is 1.40 bits per heavy atom. The number of halogens is 1. The first-order chi connectivity index (χ1) is 9.15. The Balaban J connectivity index is 3.13. The Kier molecular flexibility index (Phi) is 5.24. The molecule has 0 amide bonds. The van der Waals surface area contributed by atoms with E-state index in [2.05, 4.69) is 4.72 Å². The Labute approximate surface area is 117 Å². The molecule has 0 bridgehead atoms. The maximum Gasteiger partial charge on any atom is 0.321 e. The average molecular weight is 303 g/mol. The van der Waals surface area contributed by atoms with Crippen LogP contribution in [0, 0.1) is 18.7 Å². The van der Waals surface area contributed by atoms with Gasteiger partial charge in [0.25, 0.3) is 0 Å². The maximum absolute atomic E-state index is 13.7. The molecule has 0 saturated carbocycles. The summed E-state index contributed by atoms with van der Waals surface area (Å²) in [5, 5.41) is 9.05. The molecule has 0 aliphatic rings. The van der Waals surface area contributed by atoms with Crippen molar-refractivity contribution in [2.24, 2.45) is 5.92 Å². The van der Waals surface area contributed by atoms with Crippen LogP contribution in [0.1, 0.15) is 25.8 Å². The normalized spacial score (nSPS) is 13.4. The zero-order valence-electron chi connectivity index (χ0n) is 11.6. The minimum atomic E-state index is -4.22. The molecule has 0 fully saturated rings. The van der Waals surface area contributed by atoms with Gasteiger partial charge in [-0.3, -0.25) is 4.79 Å². The number of rotatable bonds is 6. The minimum absolute atomic E-state index is 0.0134. The summed E-state index contributed by atoms with van der Waals surface area (Å²) in [7, 11) is -4.22. The number of nitrogens with one attached hydrogen (secondary N) is 1. The highest BCUT2D eigenvalue weighted by Gasteiger charge is 2.29. The summed E-state index contributed by atoms with van der Waals surface area (Å²) in [5.41, 5.74) is 0.228. The number of aliphatic carboxylic acids is 1. The zero-order chi connectivity index (χ0) is 15.5. The smallest absolute Gasteiger partial charge is 0.321 e. The van der Waals surface area contributed by atoms with Crippen molar-refractivity contribution >= 4 is 16.0 Å². The average Bonchev–Trinajstić information content (AvgIpc) is 2.26. The largest absolute Gasteiger partial charge is 0.480 e. The van der Waals surface area contributed by atoms with Crippen molar-refractivity contribution < 1.29 is 22.7 Å². The number of carboxylic acids is 1. The van der Waals surface area contributed by atoms with E-state index in [1.54, 1.807) is 13.8 Å². The molecule has 2 N–H and O–H groups in total. The zero-order valence-corrected chi connectivity index (χ0v) is 12.4. The molecule has 0 spiro atoms. The van der Waals surface area contributed by atoms with Crippen molar-refractivity contribution in [3.63, 3.8) is 0 Å². The van der Waals surface area contributed by atoms with Gasteiger partial charge in [-0.2, -0.15) is 4.72 Å². The second-order valence-electron chi connectivity index (χ2n) is 5.03. The van der Waals surface area contributed by atoms with Crippen LogP contribution in [0.15, 0.2) is 23.1 Å². The van der Waals surface area contributed by atoms with E-state index in [4.69, 9.17) is 5.11 Å². The van der Waals surface area contributed by atoms with Crippen LogP contribution >= 0.6 is 0 Å². The summed E-state index contributed by atoms with van der Waals surface area (Å²) in [5.74, 6) is -2.19. The first-order valence-corrected chi connectivity index (χ1v) is 7.63. The predicted molar refractivity (Wildman–Crippen MR) is 72.3 cm³/mol. The number of carboxylic acid groups (broad SMARTS) is 1. The Bertz CT molecular complexity index is 578. The molecule has 1 atom stereocenters. The van der Waals surface area contributed by atoms with Crippen LogP contribution in [-0.2, 0) is 14.8 Å². The second-order valence-corrected chi connectivity index (χ2v) is 6.68. The summed E-state index contributed by atoms with van der Waals surface area (Å²) in [6, 6.07) is 2.60. The standard InChI is InChI=1S/C13H18FNO4S/c1-8(2)7-11(13(16)17)15-20(18,19)12-9(3)5-4-6-10(12)14/h4-6,8,11,15H,7H2,1-3H3,(H,16,17)/t11-/m1/s1. The molecule has 1 aromatic carbocycles. The third-order valence-corrected chi connectivity index (χ3v) is 4.38. The maximum atomic E-state index is 13.7. The molecule has 0 unspecified atom stereocenters. The highest BCUT2D eigenvalue weighted by molar-refractivity contribution is 7.89. The van der Waals surface area contributed by atoms with Crippen LogP contribution in [0.25, 0.3) is 0 Å². The SMILES string of the molecule is Cc1cccc(F)c1S(=O)(=O)N[C@H](CC(C)C)C(=O)O. The molecule has 5 nitrogen and oxygen atoms in total. The van der Waals surface area contributed by atoms with Crippen LogP contribution in [0.5, 0.6) is 0 Å². The van der Waals surface area contributed by atoms with Gasteiger partial charge >= 0.3 is 5.97 Å². The first-order valence-electron chi connectivity index (χ1n) is 6.15. The number of hydrogen-bond donors (Lipinski definition) is 2. The summed E-state index contributed by atoms with van der Waals surface area (Å²) >= 11 is 0. The molecule has 0 aromatic heterocycles. The van der Waals surface area contributed by atoms with Gasteiger partial charge < -0.3 is 5.11 Å². The molecule has 0 heterocycles. The predicted octanol–water partition coefficient (Wildman–Crippen LogP) is 1.91. The fraction of sp³-hybridized carbons (Fsp3) is 0.462. The van der Waals surface area contributed by atoms with Crippen LogP contribution in [-0.4, -0.2) is 25.5 Å². The molecular weight excluding hydrogens is 285 g/mol. The number of carbonyl (C=O) groups is 1. The van der Waals surface area contributed by atoms with Gasteiger partial charge in [0.15, 0.2) is 0 Å². The summed E-state index contributed by atoms with van der Waals surface area (Å²) < 4.78 is 40.1. The topological polar surface area (TPSA) is 83.5 Å². The van der Waals surface area contributed by atoms with Crippen molar-refractivity contribution in [3.05, 3.63) is 29.6 Å². The van der Waals surface area contributed by atoms with Gasteiger partial charge in [0.2, 0.25) is 10.0 Å². The Morgan fingerprint density at radius 3 is 2.45 bits per heavy atom. The Hall–Kier alpha value is -1.47. The Morgan fingerprint density at radius 2 is 2.00 bits per heavy atom. The number of benzene rings is 1. The van der Waals surface area contributed by atoms with E-state index in [-0.39, 0.29) is 17.9 Å². The molecule has 0 aliphatic heterocycles. The van der Waals surface area contributed by atoms with Gasteiger partial charge in [-0.25, -0.2) is 12.8 Å². The fourth-order valence-electron chi connectivity index (χ4n) is 1.87. The molecule has 20 heavy (non-hydrogen) atoms. The summed E-state index contributed by atoms with van der Waals surface area (Å²) in [6.07, 6.45) is 0.127. The monoisotopic (exact) mass is 303 g/mol. The van der Waals surface area contributed by atoms with E-state index in [0.29, 0.717) is 0 Å². The first kappa shape index (κ1) is 16.6. The van der Waals surface area contributed by atoms with E-state index in [1.807, 2.05) is 0 Å². The second kappa shape index (κ2) is 6.32. The van der Waals surface area contributed by atoms with E-state index < -0.39 is 32.7 Å². The highest BCUT2D eigenvalue weighted by Crippen LogP contribution is 2.20. The summed E-state index contributed by atoms with van der Waals surface area (Å²) in [6.45, 7) is 5.01. The van der Waals surface area contributed by atoms with Gasteiger partial charge in [0.05, 0.1) is 0 Å². The molecule has 0 aliphatic carbocycles. The number of aryl methyl sites for hydroxylation is 1. The fourth-order valence-corrected chi connectivity index (χ4v) is 3.38. The molecule has 0 saturated heterocycles. The third-order valence-electron chi connectivity index (χ3n) is 2.74. The van der Waals surface area contributed by atoms with Gasteiger partial charge in [-0.15, -0.1) is 0 Å². The number of sulfonamides is 1. The summed E-state index contributed by atoms with van der Waals surface area (Å²) in [4.78, 5) is 10.6. The van der Waals surface area contributed by atoms with Crippen LogP contribution in [0.3, 0.4) is 0 Å². The molecule has 1 aromatic rings. The van der Waals surface area contributed by atoms with E-state index >= 15 is 0 Å². The minimum Gasteiger partial charge on any atom is -0.480 e. The van der Waals surface area contributed by atoms with Crippen molar-refractivity contribution in [1.82, 2.24) is 4.72 Å². The lowest BCUT2D eigenvalue weighted by Gasteiger charge is -2.17. The highest BCUT2D eigenvalue weighted by atomic mass is 32.2.